The van der Waals surface area contributed by atoms with Crippen LogP contribution in [0.4, 0.5) is 10.5 Å². The third kappa shape index (κ3) is 5.65. The van der Waals surface area contributed by atoms with E-state index < -0.39 is 11.7 Å². The SMILES string of the molecule is COc1ccc(C=CCNC(=O)OC(C)(C)C)cc1N. The Balaban J connectivity index is 2.46. The van der Waals surface area contributed by atoms with E-state index in [2.05, 4.69) is 5.32 Å². The van der Waals surface area contributed by atoms with Crippen LogP contribution in [-0.4, -0.2) is 25.3 Å². The largest absolute Gasteiger partial charge is 0.495 e. The summed E-state index contributed by atoms with van der Waals surface area (Å²) in [5, 5.41) is 2.64. The number of carbonyl (C=O) groups is 1. The Morgan fingerprint density at radius 2 is 2.10 bits per heavy atom. The van der Waals surface area contributed by atoms with Gasteiger partial charge in [-0.2, -0.15) is 0 Å². The van der Waals surface area contributed by atoms with Crippen molar-refractivity contribution in [3.05, 3.63) is 29.8 Å². The van der Waals surface area contributed by atoms with Crippen LogP contribution in [0.1, 0.15) is 26.3 Å². The number of nitrogens with one attached hydrogen (secondary N) is 1. The van der Waals surface area contributed by atoms with E-state index in [0.29, 0.717) is 18.0 Å². The molecule has 5 nitrogen and oxygen atoms in total. The summed E-state index contributed by atoms with van der Waals surface area (Å²) in [5.74, 6) is 0.647. The Hall–Kier alpha value is -2.17. The minimum atomic E-state index is -0.488. The fourth-order valence-corrected chi connectivity index (χ4v) is 1.51. The van der Waals surface area contributed by atoms with Crippen molar-refractivity contribution < 1.29 is 14.3 Å². The number of ether oxygens (including phenoxy) is 2. The molecule has 5 heteroatoms. The van der Waals surface area contributed by atoms with Gasteiger partial charge in [-0.1, -0.05) is 18.2 Å². The Labute approximate surface area is 119 Å². The van der Waals surface area contributed by atoms with E-state index in [1.165, 1.54) is 0 Å². The standard InChI is InChI=1S/C15H22N2O3/c1-15(2,3)20-14(18)17-9-5-6-11-7-8-13(19-4)12(16)10-11/h5-8,10H,9,16H2,1-4H3,(H,17,18). The number of amides is 1. The molecule has 110 valence electrons. The van der Waals surface area contributed by atoms with Crippen LogP contribution in [0, 0.1) is 0 Å². The van der Waals surface area contributed by atoms with Crippen molar-refractivity contribution in [2.45, 2.75) is 26.4 Å². The molecule has 0 bridgehead atoms. The first-order valence-electron chi connectivity index (χ1n) is 6.39. The Morgan fingerprint density at radius 1 is 1.40 bits per heavy atom. The van der Waals surface area contributed by atoms with Crippen LogP contribution in [0.15, 0.2) is 24.3 Å². The highest BCUT2D eigenvalue weighted by molar-refractivity contribution is 5.68. The molecular weight excluding hydrogens is 256 g/mol. The van der Waals surface area contributed by atoms with Crippen LogP contribution in [0.5, 0.6) is 5.75 Å². The van der Waals surface area contributed by atoms with Crippen LogP contribution in [0.25, 0.3) is 6.08 Å². The van der Waals surface area contributed by atoms with Crippen LogP contribution in [0.3, 0.4) is 0 Å². The molecule has 0 atom stereocenters. The van der Waals surface area contributed by atoms with Gasteiger partial charge in [0.1, 0.15) is 11.4 Å². The quantitative estimate of drug-likeness (QED) is 0.831. The van der Waals surface area contributed by atoms with Gasteiger partial charge in [0, 0.05) is 6.54 Å². The molecule has 0 aliphatic heterocycles. The van der Waals surface area contributed by atoms with Gasteiger partial charge in [0.05, 0.1) is 12.8 Å². The third-order valence-electron chi connectivity index (χ3n) is 2.33. The van der Waals surface area contributed by atoms with Gasteiger partial charge < -0.3 is 20.5 Å². The normalized spacial score (nSPS) is 11.4. The van der Waals surface area contributed by atoms with Gasteiger partial charge in [0.2, 0.25) is 0 Å². The molecule has 0 aliphatic carbocycles. The lowest BCUT2D eigenvalue weighted by molar-refractivity contribution is 0.0534. The van der Waals surface area contributed by atoms with Crippen molar-refractivity contribution in [1.82, 2.24) is 5.32 Å². The summed E-state index contributed by atoms with van der Waals surface area (Å²) in [4.78, 5) is 11.4. The Morgan fingerprint density at radius 3 is 2.65 bits per heavy atom. The van der Waals surface area contributed by atoms with E-state index in [9.17, 15) is 4.79 Å². The van der Waals surface area contributed by atoms with E-state index in [-0.39, 0.29) is 0 Å². The Kier molecular flexibility index (Phi) is 5.43. The molecule has 1 aromatic rings. The third-order valence-corrected chi connectivity index (χ3v) is 2.33. The molecule has 0 aromatic heterocycles. The second-order valence-corrected chi connectivity index (χ2v) is 5.29. The fraction of sp³-hybridized carbons (Fsp3) is 0.400. The number of nitrogen functional groups attached to an aromatic ring is 1. The summed E-state index contributed by atoms with van der Waals surface area (Å²) in [7, 11) is 1.58. The summed E-state index contributed by atoms with van der Waals surface area (Å²) in [6.45, 7) is 5.86. The van der Waals surface area contributed by atoms with Gasteiger partial charge in [0.15, 0.2) is 0 Å². The lowest BCUT2D eigenvalue weighted by Crippen LogP contribution is -2.32. The van der Waals surface area contributed by atoms with Crippen LogP contribution >= 0.6 is 0 Å². The van der Waals surface area contributed by atoms with E-state index in [4.69, 9.17) is 15.2 Å². The zero-order chi connectivity index (χ0) is 15.2. The number of hydrogen-bond acceptors (Lipinski definition) is 4. The second-order valence-electron chi connectivity index (χ2n) is 5.29. The monoisotopic (exact) mass is 278 g/mol. The highest BCUT2D eigenvalue weighted by Crippen LogP contribution is 2.22. The van der Waals surface area contributed by atoms with Crippen molar-refractivity contribution in [2.24, 2.45) is 0 Å². The molecule has 0 radical (unpaired) electrons. The maximum absolute atomic E-state index is 11.4. The lowest BCUT2D eigenvalue weighted by Gasteiger charge is -2.19. The molecule has 1 rings (SSSR count). The molecule has 20 heavy (non-hydrogen) atoms. The minimum Gasteiger partial charge on any atom is -0.495 e. The number of alkyl carbamates (subject to hydrolysis) is 1. The van der Waals surface area contributed by atoms with Crippen molar-refractivity contribution in [2.75, 3.05) is 19.4 Å². The van der Waals surface area contributed by atoms with Crippen LogP contribution in [-0.2, 0) is 4.74 Å². The number of benzene rings is 1. The highest BCUT2D eigenvalue weighted by Gasteiger charge is 2.14. The van der Waals surface area contributed by atoms with Gasteiger partial charge in [0.25, 0.3) is 0 Å². The number of anilines is 1. The molecule has 1 amide bonds. The smallest absolute Gasteiger partial charge is 0.407 e. The number of rotatable bonds is 4. The zero-order valence-electron chi connectivity index (χ0n) is 12.4. The first-order valence-corrected chi connectivity index (χ1v) is 6.39. The number of carbonyl (C=O) groups excluding carboxylic acids is 1. The number of hydrogen-bond donors (Lipinski definition) is 2. The van der Waals surface area contributed by atoms with Crippen LogP contribution in [0.2, 0.25) is 0 Å². The van der Waals surface area contributed by atoms with E-state index in [0.717, 1.165) is 5.56 Å². The summed E-state index contributed by atoms with van der Waals surface area (Å²) >= 11 is 0. The molecule has 0 heterocycles. The number of nitrogens with two attached hydrogens (primary N) is 1. The predicted molar refractivity (Wildman–Crippen MR) is 80.7 cm³/mol. The van der Waals surface area contributed by atoms with E-state index in [1.54, 1.807) is 13.2 Å². The maximum atomic E-state index is 11.4. The highest BCUT2D eigenvalue weighted by atomic mass is 16.6. The lowest BCUT2D eigenvalue weighted by atomic mass is 10.2. The molecule has 0 saturated heterocycles. The van der Waals surface area contributed by atoms with Gasteiger partial charge >= 0.3 is 6.09 Å². The average Bonchev–Trinajstić information content (AvgIpc) is 2.33. The first kappa shape index (κ1) is 15.9. The first-order chi connectivity index (χ1) is 9.31. The van der Waals surface area contributed by atoms with E-state index in [1.807, 2.05) is 45.1 Å². The predicted octanol–water partition coefficient (Wildman–Crippen LogP) is 2.82. The van der Waals surface area contributed by atoms with Crippen molar-refractivity contribution in [1.29, 1.82) is 0 Å². The van der Waals surface area contributed by atoms with Gasteiger partial charge in [-0.3, -0.25) is 0 Å². The molecule has 3 N–H and O–H groups in total. The molecule has 0 unspecified atom stereocenters. The molecule has 0 aliphatic rings. The second kappa shape index (κ2) is 6.84. The van der Waals surface area contributed by atoms with E-state index >= 15 is 0 Å². The average molecular weight is 278 g/mol. The fourth-order valence-electron chi connectivity index (χ4n) is 1.51. The van der Waals surface area contributed by atoms with Gasteiger partial charge in [-0.05, 0) is 38.5 Å². The van der Waals surface area contributed by atoms with Crippen molar-refractivity contribution >= 4 is 17.9 Å². The summed E-state index contributed by atoms with van der Waals surface area (Å²) in [6, 6.07) is 5.50. The van der Waals surface area contributed by atoms with Crippen molar-refractivity contribution in [3.8, 4) is 5.75 Å². The maximum Gasteiger partial charge on any atom is 0.407 e. The molecule has 0 fully saturated rings. The minimum absolute atomic E-state index is 0.390. The molecule has 0 saturated carbocycles. The summed E-state index contributed by atoms with van der Waals surface area (Å²) in [5.41, 5.74) is 6.83. The summed E-state index contributed by atoms with van der Waals surface area (Å²) in [6.07, 6.45) is 3.26. The molecular formula is C15H22N2O3. The molecule has 1 aromatic carbocycles. The molecule has 0 spiro atoms. The summed E-state index contributed by atoms with van der Waals surface area (Å²) < 4.78 is 10.2. The Bertz CT molecular complexity index is 490. The topological polar surface area (TPSA) is 73.6 Å². The van der Waals surface area contributed by atoms with Gasteiger partial charge in [-0.15, -0.1) is 0 Å². The van der Waals surface area contributed by atoms with Crippen molar-refractivity contribution in [3.63, 3.8) is 0 Å². The zero-order valence-corrected chi connectivity index (χ0v) is 12.4. The number of methoxy groups -OCH3 is 1. The van der Waals surface area contributed by atoms with Gasteiger partial charge in [-0.25, -0.2) is 4.79 Å². The van der Waals surface area contributed by atoms with Crippen LogP contribution < -0.4 is 15.8 Å².